The summed E-state index contributed by atoms with van der Waals surface area (Å²) in [7, 11) is 0. The van der Waals surface area contributed by atoms with Crippen molar-refractivity contribution in [1.82, 2.24) is 20.0 Å². The van der Waals surface area contributed by atoms with Gasteiger partial charge in [0.05, 0.1) is 19.1 Å². The molecule has 0 spiro atoms. The molecule has 1 aromatic carbocycles. The van der Waals surface area contributed by atoms with Gasteiger partial charge in [0.2, 0.25) is 0 Å². The standard InChI is InChI=1S/C15H16N4O/c1-12(17-10-15-6-7-18-20-15)13-2-4-14(5-3-13)19-9-8-16-11-19/h2-9,11-12,17H,10H2,1H3. The lowest BCUT2D eigenvalue weighted by atomic mass is 10.1. The Bertz CT molecular complexity index is 629. The fourth-order valence-corrected chi connectivity index (χ4v) is 2.05. The van der Waals surface area contributed by atoms with Crippen LogP contribution in [-0.2, 0) is 6.54 Å². The normalized spacial score (nSPS) is 12.4. The lowest BCUT2D eigenvalue weighted by Crippen LogP contribution is -2.17. The third-order valence-corrected chi connectivity index (χ3v) is 3.27. The van der Waals surface area contributed by atoms with Crippen molar-refractivity contribution < 1.29 is 4.52 Å². The van der Waals surface area contributed by atoms with Crippen molar-refractivity contribution in [1.29, 1.82) is 0 Å². The zero-order valence-corrected chi connectivity index (χ0v) is 11.2. The average Bonchev–Trinajstić information content (AvgIpc) is 3.18. The van der Waals surface area contributed by atoms with Gasteiger partial charge >= 0.3 is 0 Å². The van der Waals surface area contributed by atoms with E-state index in [0.717, 1.165) is 11.4 Å². The van der Waals surface area contributed by atoms with Crippen molar-refractivity contribution in [3.63, 3.8) is 0 Å². The van der Waals surface area contributed by atoms with Gasteiger partial charge in [0.1, 0.15) is 5.76 Å². The van der Waals surface area contributed by atoms with Crippen LogP contribution in [0.25, 0.3) is 5.69 Å². The summed E-state index contributed by atoms with van der Waals surface area (Å²) in [6, 6.07) is 10.5. The maximum atomic E-state index is 5.07. The molecule has 2 aromatic heterocycles. The fourth-order valence-electron chi connectivity index (χ4n) is 2.05. The fraction of sp³-hybridized carbons (Fsp3) is 0.200. The highest BCUT2D eigenvalue weighted by Gasteiger charge is 2.06. The first-order valence-electron chi connectivity index (χ1n) is 6.54. The molecule has 0 saturated heterocycles. The van der Waals surface area contributed by atoms with Gasteiger partial charge in [-0.15, -0.1) is 0 Å². The lowest BCUT2D eigenvalue weighted by Gasteiger charge is -2.13. The monoisotopic (exact) mass is 268 g/mol. The zero-order chi connectivity index (χ0) is 13.8. The number of hydrogen-bond acceptors (Lipinski definition) is 4. The van der Waals surface area contributed by atoms with Crippen LogP contribution in [-0.4, -0.2) is 14.7 Å². The van der Waals surface area contributed by atoms with E-state index in [4.69, 9.17) is 4.52 Å². The van der Waals surface area contributed by atoms with Crippen LogP contribution in [0.5, 0.6) is 0 Å². The molecular formula is C15H16N4O. The predicted octanol–water partition coefficient (Wildman–Crippen LogP) is 2.71. The van der Waals surface area contributed by atoms with E-state index in [9.17, 15) is 0 Å². The van der Waals surface area contributed by atoms with Crippen LogP contribution < -0.4 is 5.32 Å². The minimum absolute atomic E-state index is 0.247. The van der Waals surface area contributed by atoms with Crippen molar-refractivity contribution in [3.8, 4) is 5.69 Å². The topological polar surface area (TPSA) is 55.9 Å². The molecule has 5 heteroatoms. The highest BCUT2D eigenvalue weighted by Crippen LogP contribution is 2.16. The van der Waals surface area contributed by atoms with Crippen molar-refractivity contribution in [2.75, 3.05) is 0 Å². The zero-order valence-electron chi connectivity index (χ0n) is 11.2. The van der Waals surface area contributed by atoms with Crippen LogP contribution in [0.4, 0.5) is 0 Å². The summed E-state index contributed by atoms with van der Waals surface area (Å²) < 4.78 is 7.05. The van der Waals surface area contributed by atoms with Crippen molar-refractivity contribution >= 4 is 0 Å². The first kappa shape index (κ1) is 12.6. The Morgan fingerprint density at radius 1 is 1.20 bits per heavy atom. The number of imidazole rings is 1. The number of aromatic nitrogens is 3. The van der Waals surface area contributed by atoms with Gasteiger partial charge in [-0.3, -0.25) is 0 Å². The Hall–Kier alpha value is -2.40. The molecule has 0 radical (unpaired) electrons. The second kappa shape index (κ2) is 5.71. The van der Waals surface area contributed by atoms with Gasteiger partial charge in [0.15, 0.2) is 0 Å². The third-order valence-electron chi connectivity index (χ3n) is 3.27. The van der Waals surface area contributed by atoms with Gasteiger partial charge in [0.25, 0.3) is 0 Å². The average molecular weight is 268 g/mol. The first-order valence-corrected chi connectivity index (χ1v) is 6.54. The molecule has 0 aliphatic carbocycles. The summed E-state index contributed by atoms with van der Waals surface area (Å²) in [5, 5.41) is 7.09. The van der Waals surface area contributed by atoms with Gasteiger partial charge in [-0.05, 0) is 24.6 Å². The van der Waals surface area contributed by atoms with Crippen molar-refractivity contribution in [2.45, 2.75) is 19.5 Å². The molecule has 5 nitrogen and oxygen atoms in total. The van der Waals surface area contributed by atoms with Gasteiger partial charge < -0.3 is 14.4 Å². The molecule has 0 amide bonds. The second-order valence-electron chi connectivity index (χ2n) is 4.64. The Morgan fingerprint density at radius 2 is 2.05 bits per heavy atom. The van der Waals surface area contributed by atoms with E-state index in [0.29, 0.717) is 6.54 Å². The smallest absolute Gasteiger partial charge is 0.150 e. The van der Waals surface area contributed by atoms with Crippen molar-refractivity contribution in [3.05, 3.63) is 66.6 Å². The molecule has 0 saturated carbocycles. The maximum Gasteiger partial charge on any atom is 0.150 e. The molecule has 3 rings (SSSR count). The maximum absolute atomic E-state index is 5.07. The van der Waals surface area contributed by atoms with Gasteiger partial charge in [-0.2, -0.15) is 0 Å². The molecule has 0 fully saturated rings. The van der Waals surface area contributed by atoms with E-state index in [-0.39, 0.29) is 6.04 Å². The summed E-state index contributed by atoms with van der Waals surface area (Å²) in [5.41, 5.74) is 2.34. The summed E-state index contributed by atoms with van der Waals surface area (Å²) >= 11 is 0. The minimum atomic E-state index is 0.247. The first-order chi connectivity index (χ1) is 9.83. The number of rotatable bonds is 5. The van der Waals surface area contributed by atoms with Gasteiger partial charge in [-0.25, -0.2) is 4.98 Å². The summed E-state index contributed by atoms with van der Waals surface area (Å²) in [5.74, 6) is 0.840. The number of nitrogens with zero attached hydrogens (tertiary/aromatic N) is 3. The quantitative estimate of drug-likeness (QED) is 0.773. The van der Waals surface area contributed by atoms with E-state index in [2.05, 4.69) is 46.6 Å². The van der Waals surface area contributed by atoms with Crippen LogP contribution in [0.15, 0.2) is 59.8 Å². The van der Waals surface area contributed by atoms with E-state index < -0.39 is 0 Å². The third kappa shape index (κ3) is 2.78. The number of benzene rings is 1. The predicted molar refractivity (Wildman–Crippen MR) is 75.3 cm³/mol. The Labute approximate surface area is 117 Å². The molecule has 1 N–H and O–H groups in total. The second-order valence-corrected chi connectivity index (χ2v) is 4.64. The van der Waals surface area contributed by atoms with E-state index in [1.807, 2.05) is 16.8 Å². The summed E-state index contributed by atoms with van der Waals surface area (Å²) in [6.07, 6.45) is 7.15. The molecule has 2 heterocycles. The highest BCUT2D eigenvalue weighted by molar-refractivity contribution is 5.35. The van der Waals surface area contributed by atoms with Crippen LogP contribution in [0, 0.1) is 0 Å². The molecule has 0 aliphatic rings. The summed E-state index contributed by atoms with van der Waals surface area (Å²) in [4.78, 5) is 4.05. The lowest BCUT2D eigenvalue weighted by molar-refractivity contribution is 0.366. The molecule has 1 atom stereocenters. The van der Waals surface area contributed by atoms with Crippen LogP contribution >= 0.6 is 0 Å². The molecule has 20 heavy (non-hydrogen) atoms. The molecule has 0 bridgehead atoms. The van der Waals surface area contributed by atoms with E-state index in [1.165, 1.54) is 5.56 Å². The van der Waals surface area contributed by atoms with Crippen LogP contribution in [0.1, 0.15) is 24.3 Å². The molecule has 3 aromatic rings. The minimum Gasteiger partial charge on any atom is -0.360 e. The Balaban J connectivity index is 1.65. The molecule has 1 unspecified atom stereocenters. The molecule has 102 valence electrons. The molecule has 0 aliphatic heterocycles. The van der Waals surface area contributed by atoms with E-state index in [1.54, 1.807) is 18.7 Å². The van der Waals surface area contributed by atoms with Crippen LogP contribution in [0.3, 0.4) is 0 Å². The van der Waals surface area contributed by atoms with Gasteiger partial charge in [-0.1, -0.05) is 17.3 Å². The number of hydrogen-bond donors (Lipinski definition) is 1. The van der Waals surface area contributed by atoms with Crippen molar-refractivity contribution in [2.24, 2.45) is 0 Å². The van der Waals surface area contributed by atoms with Gasteiger partial charge in [0, 0.05) is 30.2 Å². The Morgan fingerprint density at radius 3 is 2.70 bits per heavy atom. The van der Waals surface area contributed by atoms with E-state index >= 15 is 0 Å². The highest BCUT2D eigenvalue weighted by atomic mass is 16.5. The van der Waals surface area contributed by atoms with Crippen LogP contribution in [0.2, 0.25) is 0 Å². The Kier molecular flexibility index (Phi) is 3.60. The summed E-state index contributed by atoms with van der Waals surface area (Å²) in [6.45, 7) is 2.80. The largest absolute Gasteiger partial charge is 0.360 e. The number of nitrogens with one attached hydrogen (secondary N) is 1. The SMILES string of the molecule is CC(NCc1ccno1)c1ccc(-n2ccnc2)cc1. The molecular weight excluding hydrogens is 252 g/mol.